The summed E-state index contributed by atoms with van der Waals surface area (Å²) in [6.07, 6.45) is 2.20. The number of aromatic amines is 1. The first-order chi connectivity index (χ1) is 22.0. The predicted octanol–water partition coefficient (Wildman–Crippen LogP) is 4.08. The number of methoxy groups -OCH3 is 1. The zero-order valence-corrected chi connectivity index (χ0v) is 25.5. The number of rotatable bonds is 3. The second-order valence-corrected chi connectivity index (χ2v) is 12.4. The van der Waals surface area contributed by atoms with Crippen LogP contribution in [0.5, 0.6) is 11.5 Å². The Bertz CT molecular complexity index is 1870. The molecule has 3 aromatic heterocycles. The fraction of sp³-hybridized carbons (Fsp3) is 0.303. The lowest BCUT2D eigenvalue weighted by Crippen LogP contribution is -2.39. The number of hydrogen-bond acceptors (Lipinski definition) is 8. The standard InChI is InChI=1S/C33H32N6O5S/c1-43-26-10-8-20-15-27(26)44-14-13-38(32(41)25-9-7-22-17-35-37-30(22)36-25)12-4-11-34-31(40)24-19-39(18-23(20)24)33(42)29-16-21-5-2-3-6-28(21)45-29/h2-3,5-10,15-17,23-24H,4,11-14,18-19H2,1H3,(H,34,40)(H,35,36,37)/t23-,24+/m1/s1. The van der Waals surface area contributed by atoms with Gasteiger partial charge in [-0.1, -0.05) is 24.3 Å². The van der Waals surface area contributed by atoms with E-state index in [-0.39, 0.29) is 30.2 Å². The van der Waals surface area contributed by atoms with E-state index in [4.69, 9.17) is 9.47 Å². The fourth-order valence-corrected chi connectivity index (χ4v) is 7.18. The van der Waals surface area contributed by atoms with Crippen molar-refractivity contribution in [2.75, 3.05) is 46.4 Å². The summed E-state index contributed by atoms with van der Waals surface area (Å²) in [6, 6.07) is 19.0. The van der Waals surface area contributed by atoms with E-state index in [9.17, 15) is 14.4 Å². The van der Waals surface area contributed by atoms with Crippen LogP contribution in [0, 0.1) is 5.92 Å². The zero-order valence-electron chi connectivity index (χ0n) is 24.7. The molecule has 11 nitrogen and oxygen atoms in total. The lowest BCUT2D eigenvalue weighted by atomic mass is 9.88. The van der Waals surface area contributed by atoms with E-state index in [0.717, 1.165) is 21.0 Å². The predicted molar refractivity (Wildman–Crippen MR) is 170 cm³/mol. The SMILES string of the molecule is COc1ccc2cc1OCCN(C(=O)c1ccc3cn[nH]c3n1)CCCNC(=O)[C@H]1CN(C(=O)c3cc4ccccc4s3)C[C@H]21. The van der Waals surface area contributed by atoms with Gasteiger partial charge in [-0.2, -0.15) is 5.10 Å². The van der Waals surface area contributed by atoms with Crippen molar-refractivity contribution in [3.63, 3.8) is 0 Å². The van der Waals surface area contributed by atoms with Crippen molar-refractivity contribution in [2.24, 2.45) is 5.92 Å². The molecule has 2 N–H and O–H groups in total. The minimum Gasteiger partial charge on any atom is -0.493 e. The van der Waals surface area contributed by atoms with E-state index in [0.29, 0.717) is 66.9 Å². The summed E-state index contributed by atoms with van der Waals surface area (Å²) in [7, 11) is 1.57. The number of aromatic nitrogens is 3. The summed E-state index contributed by atoms with van der Waals surface area (Å²) in [4.78, 5) is 49.4. The summed E-state index contributed by atoms with van der Waals surface area (Å²) in [6.45, 7) is 2.04. The molecule has 2 bridgehead atoms. The van der Waals surface area contributed by atoms with Crippen LogP contribution in [-0.4, -0.2) is 89.1 Å². The number of amides is 3. The van der Waals surface area contributed by atoms with Gasteiger partial charge in [0.2, 0.25) is 5.91 Å². The molecule has 3 amide bonds. The van der Waals surface area contributed by atoms with Gasteiger partial charge in [-0.05, 0) is 53.8 Å². The van der Waals surface area contributed by atoms with Crippen molar-refractivity contribution in [3.05, 3.63) is 83.0 Å². The van der Waals surface area contributed by atoms with Crippen molar-refractivity contribution < 1.29 is 23.9 Å². The molecule has 45 heavy (non-hydrogen) atoms. The molecule has 5 heterocycles. The summed E-state index contributed by atoms with van der Waals surface area (Å²) in [5.74, 6) is -0.0314. The van der Waals surface area contributed by atoms with Crippen LogP contribution < -0.4 is 14.8 Å². The first kappa shape index (κ1) is 28.8. The van der Waals surface area contributed by atoms with Crippen molar-refractivity contribution in [1.29, 1.82) is 0 Å². The highest BCUT2D eigenvalue weighted by atomic mass is 32.1. The quantitative estimate of drug-likeness (QED) is 0.310. The minimum atomic E-state index is -0.449. The van der Waals surface area contributed by atoms with Crippen LogP contribution in [0.25, 0.3) is 21.1 Å². The zero-order chi connectivity index (χ0) is 30.9. The molecule has 0 unspecified atom stereocenters. The van der Waals surface area contributed by atoms with Crippen LogP contribution in [0.15, 0.2) is 66.9 Å². The smallest absolute Gasteiger partial charge is 0.272 e. The number of nitrogens with one attached hydrogen (secondary N) is 2. The highest BCUT2D eigenvalue weighted by molar-refractivity contribution is 7.20. The van der Waals surface area contributed by atoms with Crippen LogP contribution in [0.4, 0.5) is 0 Å². The number of likely N-dealkylation sites (tertiary alicyclic amines) is 1. The number of fused-ring (bicyclic) bond motifs is 6. The third-order valence-electron chi connectivity index (χ3n) is 8.53. The van der Waals surface area contributed by atoms with Crippen LogP contribution in [-0.2, 0) is 4.79 Å². The number of nitrogens with zero attached hydrogens (tertiary/aromatic N) is 4. The fourth-order valence-electron chi connectivity index (χ4n) is 6.15. The number of carbonyl (C=O) groups is 3. The third-order valence-corrected chi connectivity index (χ3v) is 9.63. The number of benzene rings is 2. The summed E-state index contributed by atoms with van der Waals surface area (Å²) < 4.78 is 12.8. The van der Waals surface area contributed by atoms with Crippen LogP contribution in [0.1, 0.15) is 38.1 Å². The molecule has 230 valence electrons. The maximum atomic E-state index is 13.7. The Labute approximate surface area is 263 Å². The molecule has 1 fully saturated rings. The topological polar surface area (TPSA) is 130 Å². The lowest BCUT2D eigenvalue weighted by molar-refractivity contribution is -0.124. The van der Waals surface area contributed by atoms with Crippen molar-refractivity contribution >= 4 is 50.2 Å². The van der Waals surface area contributed by atoms with Gasteiger partial charge in [-0.3, -0.25) is 19.5 Å². The van der Waals surface area contributed by atoms with Crippen LogP contribution in [0.3, 0.4) is 0 Å². The molecule has 12 heteroatoms. The van der Waals surface area contributed by atoms with Gasteiger partial charge in [0, 0.05) is 42.2 Å². The Hall–Kier alpha value is -4.97. The Kier molecular flexibility index (Phi) is 7.80. The number of thiophene rings is 1. The van der Waals surface area contributed by atoms with E-state index >= 15 is 0 Å². The second kappa shape index (κ2) is 12.2. The maximum Gasteiger partial charge on any atom is 0.272 e. The minimum absolute atomic E-state index is 0.0736. The molecule has 0 saturated carbocycles. The Morgan fingerprint density at radius 2 is 1.84 bits per heavy atom. The number of H-pyrrole nitrogens is 1. The number of pyridine rings is 1. The highest BCUT2D eigenvalue weighted by Crippen LogP contribution is 2.39. The summed E-state index contributed by atoms with van der Waals surface area (Å²) >= 11 is 1.47. The molecule has 0 spiro atoms. The average molecular weight is 625 g/mol. The van der Waals surface area contributed by atoms with Gasteiger partial charge >= 0.3 is 0 Å². The number of hydrogen-bond donors (Lipinski definition) is 2. The summed E-state index contributed by atoms with van der Waals surface area (Å²) in [5, 5.41) is 11.7. The Morgan fingerprint density at radius 1 is 0.978 bits per heavy atom. The Morgan fingerprint density at radius 3 is 2.71 bits per heavy atom. The molecule has 2 aliphatic rings. The molecule has 2 aromatic carbocycles. The molecule has 7 rings (SSSR count). The van der Waals surface area contributed by atoms with E-state index in [1.807, 2.05) is 54.6 Å². The normalized spacial score (nSPS) is 19.1. The van der Waals surface area contributed by atoms with Crippen LogP contribution >= 0.6 is 11.3 Å². The van der Waals surface area contributed by atoms with E-state index in [1.54, 1.807) is 29.2 Å². The molecule has 5 aromatic rings. The lowest BCUT2D eigenvalue weighted by Gasteiger charge is -2.25. The van der Waals surface area contributed by atoms with Gasteiger partial charge in [0.15, 0.2) is 17.1 Å². The van der Waals surface area contributed by atoms with Gasteiger partial charge in [0.05, 0.1) is 30.6 Å². The Balaban J connectivity index is 1.14. The van der Waals surface area contributed by atoms with E-state index in [2.05, 4.69) is 20.5 Å². The molecular formula is C33H32N6O5S. The molecule has 2 atom stereocenters. The van der Waals surface area contributed by atoms with Crippen molar-refractivity contribution in [1.82, 2.24) is 30.3 Å². The monoisotopic (exact) mass is 624 g/mol. The first-order valence-electron chi connectivity index (χ1n) is 14.9. The third kappa shape index (κ3) is 5.68. The maximum absolute atomic E-state index is 13.7. The number of ether oxygens (including phenoxy) is 2. The molecule has 1 saturated heterocycles. The van der Waals surface area contributed by atoms with Crippen molar-refractivity contribution in [3.8, 4) is 11.5 Å². The molecule has 0 radical (unpaired) electrons. The van der Waals surface area contributed by atoms with E-state index in [1.165, 1.54) is 11.3 Å². The van der Waals surface area contributed by atoms with Gasteiger partial charge < -0.3 is 24.6 Å². The van der Waals surface area contributed by atoms with Gasteiger partial charge in [0.1, 0.15) is 12.3 Å². The number of carbonyl (C=O) groups excluding carboxylic acids is 3. The molecule has 0 aliphatic carbocycles. The van der Waals surface area contributed by atoms with Crippen molar-refractivity contribution in [2.45, 2.75) is 12.3 Å². The average Bonchev–Trinajstić information content (AvgIpc) is 3.82. The molecule has 2 aliphatic heterocycles. The van der Waals surface area contributed by atoms with Gasteiger partial charge in [-0.25, -0.2) is 4.98 Å². The van der Waals surface area contributed by atoms with E-state index < -0.39 is 5.92 Å². The van der Waals surface area contributed by atoms with Gasteiger partial charge in [-0.15, -0.1) is 11.3 Å². The largest absolute Gasteiger partial charge is 0.493 e. The second-order valence-electron chi connectivity index (χ2n) is 11.3. The van der Waals surface area contributed by atoms with Gasteiger partial charge in [0.25, 0.3) is 11.8 Å². The van der Waals surface area contributed by atoms with Crippen LogP contribution in [0.2, 0.25) is 0 Å². The summed E-state index contributed by atoms with van der Waals surface area (Å²) in [5.41, 5.74) is 1.73. The first-order valence-corrected chi connectivity index (χ1v) is 15.8. The highest BCUT2D eigenvalue weighted by Gasteiger charge is 2.41. The molecular weight excluding hydrogens is 592 g/mol.